The molecule has 12 aromatic rings. The zero-order chi connectivity index (χ0) is 38.0. The number of benzene rings is 8. The Bertz CT molecular complexity index is 3590. The van der Waals surface area contributed by atoms with Crippen molar-refractivity contribution in [3.05, 3.63) is 222 Å². The molecule has 0 atom stereocenters. The van der Waals surface area contributed by atoms with Gasteiger partial charge in [0.15, 0.2) is 5.58 Å². The van der Waals surface area contributed by atoms with Gasteiger partial charge in [0.05, 0.1) is 38.7 Å². The Hall–Kier alpha value is -7.69. The van der Waals surface area contributed by atoms with Crippen LogP contribution in [-0.4, -0.2) is 14.0 Å². The third-order valence-corrected chi connectivity index (χ3v) is 12.5. The van der Waals surface area contributed by atoms with E-state index in [1.54, 1.807) is 0 Å². The molecule has 4 nitrogen and oxygen atoms in total. The van der Waals surface area contributed by atoms with Gasteiger partial charge in [-0.15, -0.1) is 0 Å². The first-order valence-electron chi connectivity index (χ1n) is 19.9. The molecule has 0 N–H and O–H groups in total. The molecule has 0 amide bonds. The predicted octanol–water partition coefficient (Wildman–Crippen LogP) is 13.5. The molecule has 1 aliphatic carbocycles. The molecular formula is C54H33N3O. The molecule has 0 saturated carbocycles. The molecule has 0 unspecified atom stereocenters. The van der Waals surface area contributed by atoms with Gasteiger partial charge in [-0.2, -0.15) is 0 Å². The summed E-state index contributed by atoms with van der Waals surface area (Å²) in [4.78, 5) is 5.35. The molecule has 0 fully saturated rings. The van der Waals surface area contributed by atoms with Crippen molar-refractivity contribution < 1.29 is 4.42 Å². The summed E-state index contributed by atoms with van der Waals surface area (Å²) in [5.74, 6) is 0. The molecule has 4 heteroatoms. The van der Waals surface area contributed by atoms with Crippen LogP contribution >= 0.6 is 0 Å². The highest BCUT2D eigenvalue weighted by atomic mass is 16.3. The lowest BCUT2D eigenvalue weighted by atomic mass is 9.67. The van der Waals surface area contributed by atoms with Crippen molar-refractivity contribution in [1.29, 1.82) is 0 Å². The standard InChI is InChI=1S/C54H33N3O/c1-3-18-36(19-4-1)54(37-20-5-2-6-21-37)43-25-10-8-23-39(43)41-33-48-42(32-44(41)54)53-52(40-24-9-14-29-50(40)58-53)56(48)38-22-15-17-35(30-38)51-49-31-34-16-7-12-27-46(34)57(49)47-28-13-11-26-45(47)55-51/h1-33H. The number of nitrogens with zero attached hydrogens (tertiary/aromatic N) is 3. The minimum Gasteiger partial charge on any atom is -0.454 e. The van der Waals surface area contributed by atoms with Crippen LogP contribution in [0.5, 0.6) is 0 Å². The maximum atomic E-state index is 6.90. The van der Waals surface area contributed by atoms with E-state index in [0.29, 0.717) is 0 Å². The first-order valence-corrected chi connectivity index (χ1v) is 19.9. The smallest absolute Gasteiger partial charge is 0.161 e. The van der Waals surface area contributed by atoms with Crippen LogP contribution < -0.4 is 0 Å². The van der Waals surface area contributed by atoms with Gasteiger partial charge in [0.2, 0.25) is 0 Å². The zero-order valence-electron chi connectivity index (χ0n) is 31.3. The summed E-state index contributed by atoms with van der Waals surface area (Å²) < 4.78 is 11.7. The van der Waals surface area contributed by atoms with E-state index < -0.39 is 5.41 Å². The molecule has 13 rings (SSSR count). The Morgan fingerprint density at radius 3 is 2.02 bits per heavy atom. The molecule has 58 heavy (non-hydrogen) atoms. The van der Waals surface area contributed by atoms with Crippen molar-refractivity contribution >= 4 is 60.4 Å². The second kappa shape index (κ2) is 11.7. The molecule has 4 aromatic heterocycles. The normalized spacial score (nSPS) is 13.3. The van der Waals surface area contributed by atoms with Crippen LogP contribution in [0.25, 0.3) is 88.5 Å². The van der Waals surface area contributed by atoms with Crippen LogP contribution in [0.2, 0.25) is 0 Å². The summed E-state index contributed by atoms with van der Waals surface area (Å²) in [5, 5.41) is 3.36. The number of hydrogen-bond donors (Lipinski definition) is 0. The van der Waals surface area contributed by atoms with Crippen LogP contribution in [0.3, 0.4) is 0 Å². The molecule has 0 saturated heterocycles. The molecule has 0 spiro atoms. The quantitative estimate of drug-likeness (QED) is 0.180. The van der Waals surface area contributed by atoms with Crippen molar-refractivity contribution in [2.24, 2.45) is 0 Å². The van der Waals surface area contributed by atoms with E-state index >= 15 is 0 Å². The third kappa shape index (κ3) is 4.10. The Labute approximate surface area is 333 Å². The lowest BCUT2D eigenvalue weighted by Crippen LogP contribution is -2.28. The van der Waals surface area contributed by atoms with Gasteiger partial charge in [0.1, 0.15) is 11.1 Å². The lowest BCUT2D eigenvalue weighted by Gasteiger charge is -2.33. The van der Waals surface area contributed by atoms with E-state index in [2.05, 4.69) is 209 Å². The fourth-order valence-electron chi connectivity index (χ4n) is 10.2. The van der Waals surface area contributed by atoms with Crippen LogP contribution in [0.1, 0.15) is 22.3 Å². The van der Waals surface area contributed by atoms with E-state index in [-0.39, 0.29) is 0 Å². The molecule has 270 valence electrons. The van der Waals surface area contributed by atoms with E-state index in [4.69, 9.17) is 9.40 Å². The summed E-state index contributed by atoms with van der Waals surface area (Å²) in [7, 11) is 0. The SMILES string of the molecule is c1ccc(C2(c3ccccc3)c3ccccc3-c3cc4c(cc32)c2oc3ccccc3c2n4-c2cccc(-c3nc4ccccc4n4c3cc3ccccc34)c2)cc1. The minimum absolute atomic E-state index is 0.517. The maximum absolute atomic E-state index is 6.90. The molecule has 4 heterocycles. The summed E-state index contributed by atoms with van der Waals surface area (Å²) in [5.41, 5.74) is 18.3. The first kappa shape index (κ1) is 31.5. The van der Waals surface area contributed by atoms with Gasteiger partial charge in [0.25, 0.3) is 0 Å². The Kier molecular flexibility index (Phi) is 6.34. The number of aromatic nitrogens is 3. The first-order chi connectivity index (χ1) is 28.8. The number of hydrogen-bond acceptors (Lipinski definition) is 2. The molecule has 0 radical (unpaired) electrons. The summed E-state index contributed by atoms with van der Waals surface area (Å²) in [6.45, 7) is 0. The van der Waals surface area contributed by atoms with E-state index in [1.807, 2.05) is 0 Å². The fraction of sp³-hybridized carbons (Fsp3) is 0.0185. The van der Waals surface area contributed by atoms with E-state index in [0.717, 1.165) is 66.5 Å². The highest BCUT2D eigenvalue weighted by Gasteiger charge is 2.46. The van der Waals surface area contributed by atoms with Crippen LogP contribution in [0, 0.1) is 0 Å². The predicted molar refractivity (Wildman–Crippen MR) is 237 cm³/mol. The van der Waals surface area contributed by atoms with Crippen molar-refractivity contribution in [2.75, 3.05) is 0 Å². The number of rotatable bonds is 4. The Morgan fingerprint density at radius 2 is 1.17 bits per heavy atom. The maximum Gasteiger partial charge on any atom is 0.161 e. The van der Waals surface area contributed by atoms with Gasteiger partial charge in [-0.1, -0.05) is 140 Å². The second-order valence-corrected chi connectivity index (χ2v) is 15.5. The van der Waals surface area contributed by atoms with Gasteiger partial charge in [-0.25, -0.2) is 4.98 Å². The largest absolute Gasteiger partial charge is 0.454 e. The van der Waals surface area contributed by atoms with Gasteiger partial charge >= 0.3 is 0 Å². The number of furan rings is 1. The van der Waals surface area contributed by atoms with Crippen LogP contribution in [0.15, 0.2) is 205 Å². The van der Waals surface area contributed by atoms with Gasteiger partial charge < -0.3 is 13.4 Å². The summed E-state index contributed by atoms with van der Waals surface area (Å²) in [6, 6.07) is 72.4. The summed E-state index contributed by atoms with van der Waals surface area (Å²) >= 11 is 0. The third-order valence-electron chi connectivity index (χ3n) is 12.5. The Morgan fingerprint density at radius 1 is 0.466 bits per heavy atom. The molecule has 1 aliphatic rings. The van der Waals surface area contributed by atoms with Crippen molar-refractivity contribution in [2.45, 2.75) is 5.41 Å². The lowest BCUT2D eigenvalue weighted by molar-refractivity contribution is 0.672. The number of fused-ring (bicyclic) bond motifs is 13. The van der Waals surface area contributed by atoms with Crippen molar-refractivity contribution in [1.82, 2.24) is 14.0 Å². The molecule has 0 bridgehead atoms. The zero-order valence-corrected chi connectivity index (χ0v) is 31.3. The van der Waals surface area contributed by atoms with Crippen molar-refractivity contribution in [3.63, 3.8) is 0 Å². The van der Waals surface area contributed by atoms with E-state index in [1.165, 1.54) is 44.3 Å². The highest BCUT2D eigenvalue weighted by molar-refractivity contribution is 6.18. The second-order valence-electron chi connectivity index (χ2n) is 15.5. The molecule has 0 aliphatic heterocycles. The van der Waals surface area contributed by atoms with E-state index in [9.17, 15) is 0 Å². The highest BCUT2D eigenvalue weighted by Crippen LogP contribution is 2.57. The van der Waals surface area contributed by atoms with Gasteiger partial charge in [-0.3, -0.25) is 0 Å². The Balaban J connectivity index is 1.13. The minimum atomic E-state index is -0.517. The molecular weight excluding hydrogens is 707 g/mol. The number of para-hydroxylation sites is 4. The average Bonchev–Trinajstić information content (AvgIpc) is 4.03. The average molecular weight is 740 g/mol. The fourth-order valence-corrected chi connectivity index (χ4v) is 10.2. The topological polar surface area (TPSA) is 35.4 Å². The van der Waals surface area contributed by atoms with Crippen LogP contribution in [0.4, 0.5) is 0 Å². The monoisotopic (exact) mass is 739 g/mol. The van der Waals surface area contributed by atoms with Crippen molar-refractivity contribution in [3.8, 4) is 28.1 Å². The van der Waals surface area contributed by atoms with Gasteiger partial charge in [0, 0.05) is 27.4 Å². The van der Waals surface area contributed by atoms with Crippen LogP contribution in [-0.2, 0) is 5.41 Å². The summed E-state index contributed by atoms with van der Waals surface area (Å²) in [6.07, 6.45) is 0. The van der Waals surface area contributed by atoms with Gasteiger partial charge in [-0.05, 0) is 94.0 Å². The molecule has 8 aromatic carbocycles.